The van der Waals surface area contributed by atoms with Crippen LogP contribution in [0.3, 0.4) is 0 Å². The van der Waals surface area contributed by atoms with E-state index in [2.05, 4.69) is 10.3 Å². The molecule has 0 bridgehead atoms. The summed E-state index contributed by atoms with van der Waals surface area (Å²) >= 11 is 0. The van der Waals surface area contributed by atoms with Crippen molar-refractivity contribution in [3.05, 3.63) is 29.8 Å². The molecule has 2 heterocycles. The van der Waals surface area contributed by atoms with E-state index in [0.717, 1.165) is 50.3 Å². The van der Waals surface area contributed by atoms with Crippen LogP contribution < -0.4 is 5.32 Å². The molecule has 0 aliphatic carbocycles. The van der Waals surface area contributed by atoms with Crippen LogP contribution in [0.25, 0.3) is 0 Å². The maximum Gasteiger partial charge on any atom is 0.243 e. The predicted octanol–water partition coefficient (Wildman–Crippen LogP) is 2.01. The second-order valence-corrected chi connectivity index (χ2v) is 9.11. The summed E-state index contributed by atoms with van der Waals surface area (Å²) in [4.78, 5) is 7.04. The molecule has 2 fully saturated rings. The van der Waals surface area contributed by atoms with Gasteiger partial charge in [0.2, 0.25) is 10.0 Å². The summed E-state index contributed by atoms with van der Waals surface area (Å²) < 4.78 is 27.3. The van der Waals surface area contributed by atoms with Gasteiger partial charge in [0, 0.05) is 32.7 Å². The fourth-order valence-corrected chi connectivity index (χ4v) is 5.17. The largest absolute Gasteiger partial charge is 0.391 e. The molecule has 0 aromatic heterocycles. The smallest absolute Gasteiger partial charge is 0.243 e. The van der Waals surface area contributed by atoms with Gasteiger partial charge >= 0.3 is 0 Å². The van der Waals surface area contributed by atoms with Crippen LogP contribution in [0.2, 0.25) is 0 Å². The van der Waals surface area contributed by atoms with E-state index >= 15 is 0 Å². The number of nitrogens with zero attached hydrogens (tertiary/aromatic N) is 3. The highest BCUT2D eigenvalue weighted by atomic mass is 127. The number of sulfonamides is 1. The van der Waals surface area contributed by atoms with Crippen molar-refractivity contribution in [3.8, 4) is 0 Å². The van der Waals surface area contributed by atoms with Crippen LogP contribution in [0.15, 0.2) is 34.2 Å². The van der Waals surface area contributed by atoms with Crippen molar-refractivity contribution in [3.63, 3.8) is 0 Å². The van der Waals surface area contributed by atoms with E-state index in [1.807, 2.05) is 17.9 Å². The third-order valence-corrected chi connectivity index (χ3v) is 6.96. The topological polar surface area (TPSA) is 85.2 Å². The average molecular weight is 522 g/mol. The van der Waals surface area contributed by atoms with E-state index < -0.39 is 10.0 Å². The lowest BCUT2D eigenvalue weighted by Crippen LogP contribution is -2.40. The zero-order chi connectivity index (χ0) is 19.3. The predicted molar refractivity (Wildman–Crippen MR) is 121 cm³/mol. The Balaban J connectivity index is 0.00000280. The molecule has 1 aromatic carbocycles. The lowest BCUT2D eigenvalue weighted by Gasteiger charge is -2.26. The van der Waals surface area contributed by atoms with Crippen LogP contribution in [0.5, 0.6) is 0 Å². The van der Waals surface area contributed by atoms with Crippen molar-refractivity contribution in [2.75, 3.05) is 32.7 Å². The van der Waals surface area contributed by atoms with Crippen LogP contribution in [-0.2, 0) is 16.6 Å². The van der Waals surface area contributed by atoms with Gasteiger partial charge in [0.25, 0.3) is 0 Å². The zero-order valence-corrected chi connectivity index (χ0v) is 19.5. The number of guanidine groups is 1. The van der Waals surface area contributed by atoms with Gasteiger partial charge in [-0.05, 0) is 43.9 Å². The van der Waals surface area contributed by atoms with Gasteiger partial charge < -0.3 is 15.3 Å². The molecule has 28 heavy (non-hydrogen) atoms. The standard InChI is InChI=1S/C19H30N4O3S.HI/c1-2-20-19(22-12-9-17(24)15-22)21-14-16-7-6-8-18(13-16)27(25,26)23-10-4-3-5-11-23;/h6-8,13,17,24H,2-5,9-12,14-15H2,1H3,(H,20,21);1H/t17-;/m1./s1. The molecule has 9 heteroatoms. The molecule has 0 saturated carbocycles. The number of likely N-dealkylation sites (tertiary alicyclic amines) is 1. The minimum Gasteiger partial charge on any atom is -0.391 e. The summed E-state index contributed by atoms with van der Waals surface area (Å²) in [5.41, 5.74) is 0.864. The van der Waals surface area contributed by atoms with Gasteiger partial charge in [0.1, 0.15) is 0 Å². The van der Waals surface area contributed by atoms with E-state index in [0.29, 0.717) is 31.1 Å². The Morgan fingerprint density at radius 1 is 1.25 bits per heavy atom. The number of aliphatic hydroxyl groups is 1. The van der Waals surface area contributed by atoms with Crippen LogP contribution in [0.4, 0.5) is 0 Å². The van der Waals surface area contributed by atoms with Crippen molar-refractivity contribution >= 4 is 40.0 Å². The molecule has 0 amide bonds. The third-order valence-electron chi connectivity index (χ3n) is 5.06. The minimum atomic E-state index is -3.43. The summed E-state index contributed by atoms with van der Waals surface area (Å²) in [5.74, 6) is 0.762. The number of hydrogen-bond donors (Lipinski definition) is 2. The van der Waals surface area contributed by atoms with Crippen molar-refractivity contribution in [2.45, 2.75) is 50.2 Å². The highest BCUT2D eigenvalue weighted by Crippen LogP contribution is 2.21. The third kappa shape index (κ3) is 5.80. The van der Waals surface area contributed by atoms with Gasteiger partial charge in [0.15, 0.2) is 5.96 Å². The zero-order valence-electron chi connectivity index (χ0n) is 16.4. The number of halogens is 1. The number of aliphatic imine (C=N–C) groups is 1. The molecule has 2 aliphatic heterocycles. The molecule has 1 aromatic rings. The Hall–Kier alpha value is -0.910. The Labute approximate surface area is 185 Å². The molecule has 2 aliphatic rings. The number of benzene rings is 1. The maximum atomic E-state index is 12.9. The van der Waals surface area contributed by atoms with Crippen LogP contribution in [0, 0.1) is 0 Å². The average Bonchev–Trinajstić information content (AvgIpc) is 3.12. The van der Waals surface area contributed by atoms with Crippen molar-refractivity contribution in [1.82, 2.24) is 14.5 Å². The first-order chi connectivity index (χ1) is 13.0. The highest BCUT2D eigenvalue weighted by molar-refractivity contribution is 14.0. The fourth-order valence-electron chi connectivity index (χ4n) is 3.58. The van der Waals surface area contributed by atoms with Crippen LogP contribution in [0.1, 0.15) is 38.2 Å². The highest BCUT2D eigenvalue weighted by Gasteiger charge is 2.26. The lowest BCUT2D eigenvalue weighted by molar-refractivity contribution is 0.188. The molecule has 158 valence electrons. The van der Waals surface area contributed by atoms with E-state index in [4.69, 9.17) is 0 Å². The van der Waals surface area contributed by atoms with E-state index in [1.165, 1.54) is 0 Å². The monoisotopic (exact) mass is 522 g/mol. The summed E-state index contributed by atoms with van der Waals surface area (Å²) in [7, 11) is -3.43. The summed E-state index contributed by atoms with van der Waals surface area (Å²) in [6, 6.07) is 7.09. The maximum absolute atomic E-state index is 12.9. The van der Waals surface area contributed by atoms with Gasteiger partial charge in [-0.1, -0.05) is 18.6 Å². The normalized spacial score (nSPS) is 21.4. The number of hydrogen-bond acceptors (Lipinski definition) is 4. The van der Waals surface area contributed by atoms with E-state index in [1.54, 1.807) is 22.5 Å². The second kappa shape index (κ2) is 10.7. The molecule has 0 spiro atoms. The molecular weight excluding hydrogens is 491 g/mol. The molecule has 1 atom stereocenters. The Kier molecular flexibility index (Phi) is 8.97. The first-order valence-corrected chi connectivity index (χ1v) is 11.2. The Bertz CT molecular complexity index is 766. The molecule has 3 rings (SSSR count). The second-order valence-electron chi connectivity index (χ2n) is 7.17. The van der Waals surface area contributed by atoms with Gasteiger partial charge in [-0.3, -0.25) is 0 Å². The quantitative estimate of drug-likeness (QED) is 0.351. The number of rotatable bonds is 5. The van der Waals surface area contributed by atoms with Crippen LogP contribution >= 0.6 is 24.0 Å². The van der Waals surface area contributed by atoms with E-state index in [-0.39, 0.29) is 30.1 Å². The summed E-state index contributed by atoms with van der Waals surface area (Å²) in [6.45, 7) is 5.71. The van der Waals surface area contributed by atoms with Crippen molar-refractivity contribution in [2.24, 2.45) is 4.99 Å². The first-order valence-electron chi connectivity index (χ1n) is 9.81. The Morgan fingerprint density at radius 3 is 2.64 bits per heavy atom. The molecule has 0 radical (unpaired) electrons. The Morgan fingerprint density at radius 2 is 2.00 bits per heavy atom. The fraction of sp³-hybridized carbons (Fsp3) is 0.632. The van der Waals surface area contributed by atoms with Gasteiger partial charge in [-0.15, -0.1) is 24.0 Å². The van der Waals surface area contributed by atoms with Gasteiger partial charge in [0.05, 0.1) is 17.5 Å². The molecule has 0 unspecified atom stereocenters. The van der Waals surface area contributed by atoms with E-state index in [9.17, 15) is 13.5 Å². The summed E-state index contributed by atoms with van der Waals surface area (Å²) in [5, 5.41) is 13.0. The van der Waals surface area contributed by atoms with Crippen molar-refractivity contribution < 1.29 is 13.5 Å². The van der Waals surface area contributed by atoms with Gasteiger partial charge in [-0.25, -0.2) is 13.4 Å². The molecule has 2 saturated heterocycles. The molecule has 7 nitrogen and oxygen atoms in total. The lowest BCUT2D eigenvalue weighted by atomic mass is 10.2. The summed E-state index contributed by atoms with van der Waals surface area (Å²) in [6.07, 6.45) is 3.38. The van der Waals surface area contributed by atoms with Crippen molar-refractivity contribution in [1.29, 1.82) is 0 Å². The first kappa shape index (κ1) is 23.4. The minimum absolute atomic E-state index is 0. The number of β-amino-alcohol motifs (C(OH)–C–C–N with tert-alkyl or cyclic N) is 1. The molecule has 2 N–H and O–H groups in total. The van der Waals surface area contributed by atoms with Gasteiger partial charge in [-0.2, -0.15) is 4.31 Å². The SMILES string of the molecule is CCNC(=NCc1cccc(S(=O)(=O)N2CCCCC2)c1)N1CC[C@@H](O)C1.I. The number of nitrogens with one attached hydrogen (secondary N) is 1. The molecular formula is C19H31IN4O3S. The number of piperidine rings is 1. The van der Waals surface area contributed by atoms with Crippen LogP contribution in [-0.4, -0.2) is 67.5 Å². The number of aliphatic hydroxyl groups excluding tert-OH is 1.